The molecule has 2 amide bonds. The molecule has 2 atom stereocenters. The van der Waals surface area contributed by atoms with E-state index in [9.17, 15) is 9.59 Å². The topological polar surface area (TPSA) is 92.9 Å². The Morgan fingerprint density at radius 1 is 1.64 bits per heavy atom. The lowest BCUT2D eigenvalue weighted by Crippen LogP contribution is -2.34. The lowest BCUT2D eigenvalue weighted by Gasteiger charge is -2.16. The monoisotopic (exact) mass is 202 g/mol. The summed E-state index contributed by atoms with van der Waals surface area (Å²) in [5, 5.41) is 8.65. The lowest BCUT2D eigenvalue weighted by atomic mass is 10.3. The van der Waals surface area contributed by atoms with E-state index in [0.29, 0.717) is 19.5 Å². The van der Waals surface area contributed by atoms with Crippen molar-refractivity contribution in [3.63, 3.8) is 0 Å². The van der Waals surface area contributed by atoms with Crippen LogP contribution < -0.4 is 5.73 Å². The first-order valence-corrected chi connectivity index (χ1v) is 4.43. The van der Waals surface area contributed by atoms with Crippen molar-refractivity contribution in [1.82, 2.24) is 4.90 Å². The summed E-state index contributed by atoms with van der Waals surface area (Å²) in [7, 11) is 0. The van der Waals surface area contributed by atoms with E-state index in [0.717, 1.165) is 0 Å². The van der Waals surface area contributed by atoms with E-state index in [1.165, 1.54) is 4.90 Å². The number of carboxylic acid groups (broad SMARTS) is 1. The van der Waals surface area contributed by atoms with Crippen molar-refractivity contribution < 1.29 is 19.4 Å². The molecular weight excluding hydrogens is 188 g/mol. The number of hydrogen-bond donors (Lipinski definition) is 2. The third-order valence-electron chi connectivity index (χ3n) is 2.21. The number of nitrogens with zero attached hydrogens (tertiary/aromatic N) is 1. The quantitative estimate of drug-likeness (QED) is 0.653. The van der Waals surface area contributed by atoms with Crippen LogP contribution in [0.2, 0.25) is 0 Å². The zero-order valence-electron chi connectivity index (χ0n) is 7.97. The molecule has 0 aromatic heterocycles. The third kappa shape index (κ3) is 2.59. The highest BCUT2D eigenvalue weighted by Gasteiger charge is 2.28. The highest BCUT2D eigenvalue weighted by Crippen LogP contribution is 2.14. The van der Waals surface area contributed by atoms with Crippen LogP contribution in [-0.2, 0) is 9.53 Å². The molecule has 1 aliphatic heterocycles. The molecule has 0 spiro atoms. The van der Waals surface area contributed by atoms with Crippen LogP contribution >= 0.6 is 0 Å². The predicted molar refractivity (Wildman–Crippen MR) is 47.7 cm³/mol. The number of carbonyl (C=O) groups excluding carboxylic acids is 1. The van der Waals surface area contributed by atoms with Gasteiger partial charge in [0.1, 0.15) is 6.10 Å². The minimum Gasteiger partial charge on any atom is -0.465 e. The van der Waals surface area contributed by atoms with Crippen LogP contribution in [0.5, 0.6) is 0 Å². The zero-order chi connectivity index (χ0) is 10.7. The second-order valence-corrected chi connectivity index (χ2v) is 3.32. The number of carbonyl (C=O) groups is 2. The van der Waals surface area contributed by atoms with Gasteiger partial charge in [-0.25, -0.2) is 4.79 Å². The van der Waals surface area contributed by atoms with Gasteiger partial charge in [-0.3, -0.25) is 4.79 Å². The minimum absolute atomic E-state index is 0.214. The van der Waals surface area contributed by atoms with E-state index in [1.54, 1.807) is 6.92 Å². The van der Waals surface area contributed by atoms with Gasteiger partial charge in [-0.1, -0.05) is 0 Å². The van der Waals surface area contributed by atoms with Gasteiger partial charge in [0.25, 0.3) is 0 Å². The normalized spacial score (nSPS) is 23.5. The third-order valence-corrected chi connectivity index (χ3v) is 2.21. The number of ether oxygens (including phenoxy) is 1. The summed E-state index contributed by atoms with van der Waals surface area (Å²) in [6.45, 7) is 2.32. The number of nitrogens with two attached hydrogens (primary N) is 1. The smallest absolute Gasteiger partial charge is 0.407 e. The van der Waals surface area contributed by atoms with Crippen molar-refractivity contribution in [2.45, 2.75) is 25.6 Å². The number of likely N-dealkylation sites (tertiary alicyclic amines) is 1. The SMILES string of the molecule is C[C@@H](OC1CCN(C(=O)O)C1)C(N)=O. The molecule has 1 aliphatic rings. The second kappa shape index (κ2) is 4.28. The van der Waals surface area contributed by atoms with Crippen molar-refractivity contribution in [1.29, 1.82) is 0 Å². The average molecular weight is 202 g/mol. The molecule has 3 N–H and O–H groups in total. The molecule has 1 unspecified atom stereocenters. The van der Waals surface area contributed by atoms with Gasteiger partial charge in [0.05, 0.1) is 12.6 Å². The summed E-state index contributed by atoms with van der Waals surface area (Å²) >= 11 is 0. The Hall–Kier alpha value is -1.30. The van der Waals surface area contributed by atoms with Crippen molar-refractivity contribution in [3.05, 3.63) is 0 Å². The summed E-state index contributed by atoms with van der Waals surface area (Å²) in [6.07, 6.45) is -1.21. The van der Waals surface area contributed by atoms with Crippen LogP contribution in [0.15, 0.2) is 0 Å². The Morgan fingerprint density at radius 3 is 2.71 bits per heavy atom. The van der Waals surface area contributed by atoms with E-state index in [-0.39, 0.29) is 6.10 Å². The van der Waals surface area contributed by atoms with E-state index in [1.807, 2.05) is 0 Å². The van der Waals surface area contributed by atoms with Gasteiger partial charge in [-0.2, -0.15) is 0 Å². The van der Waals surface area contributed by atoms with Gasteiger partial charge in [0, 0.05) is 6.54 Å². The summed E-state index contributed by atoms with van der Waals surface area (Å²) in [6, 6.07) is 0. The van der Waals surface area contributed by atoms with Crippen LogP contribution in [-0.4, -0.2) is 47.3 Å². The lowest BCUT2D eigenvalue weighted by molar-refractivity contribution is -0.131. The van der Waals surface area contributed by atoms with Crippen LogP contribution in [0.3, 0.4) is 0 Å². The van der Waals surface area contributed by atoms with Crippen LogP contribution in [0.25, 0.3) is 0 Å². The first kappa shape index (κ1) is 10.8. The molecule has 0 aromatic carbocycles. The maximum atomic E-state index is 10.7. The molecular formula is C8H14N2O4. The highest BCUT2D eigenvalue weighted by molar-refractivity contribution is 5.78. The Labute approximate surface area is 81.6 Å². The van der Waals surface area contributed by atoms with Gasteiger partial charge < -0.3 is 20.5 Å². The number of primary amides is 1. The van der Waals surface area contributed by atoms with Crippen molar-refractivity contribution in [2.75, 3.05) is 13.1 Å². The van der Waals surface area contributed by atoms with Crippen molar-refractivity contribution in [3.8, 4) is 0 Å². The second-order valence-electron chi connectivity index (χ2n) is 3.32. The Morgan fingerprint density at radius 2 is 2.29 bits per heavy atom. The largest absolute Gasteiger partial charge is 0.465 e. The molecule has 0 bridgehead atoms. The Balaban J connectivity index is 2.36. The molecule has 1 fully saturated rings. The summed E-state index contributed by atoms with van der Waals surface area (Å²) in [5.74, 6) is -0.529. The standard InChI is InChI=1S/C8H14N2O4/c1-5(7(9)11)14-6-2-3-10(4-6)8(12)13/h5-6H,2-4H2,1H3,(H2,9,11)(H,12,13)/t5-,6?/m1/s1. The summed E-state index contributed by atoms with van der Waals surface area (Å²) < 4.78 is 5.27. The Bertz CT molecular complexity index is 243. The van der Waals surface area contributed by atoms with E-state index < -0.39 is 18.1 Å². The molecule has 0 aliphatic carbocycles. The average Bonchev–Trinajstić information content (AvgIpc) is 2.52. The number of amides is 2. The fraction of sp³-hybridized carbons (Fsp3) is 0.750. The number of rotatable bonds is 3. The van der Waals surface area contributed by atoms with E-state index >= 15 is 0 Å². The molecule has 6 nitrogen and oxygen atoms in total. The van der Waals surface area contributed by atoms with Crippen molar-refractivity contribution in [2.24, 2.45) is 5.73 Å². The van der Waals surface area contributed by atoms with E-state index in [2.05, 4.69) is 0 Å². The van der Waals surface area contributed by atoms with E-state index in [4.69, 9.17) is 15.6 Å². The van der Waals surface area contributed by atoms with Crippen molar-refractivity contribution >= 4 is 12.0 Å². The molecule has 0 radical (unpaired) electrons. The van der Waals surface area contributed by atoms with Crippen LogP contribution in [0, 0.1) is 0 Å². The molecule has 6 heteroatoms. The molecule has 80 valence electrons. The summed E-state index contributed by atoms with van der Waals surface area (Å²) in [5.41, 5.74) is 5.01. The molecule has 14 heavy (non-hydrogen) atoms. The Kier molecular flexibility index (Phi) is 3.29. The zero-order valence-corrected chi connectivity index (χ0v) is 7.97. The van der Waals surface area contributed by atoms with Crippen LogP contribution in [0.1, 0.15) is 13.3 Å². The molecule has 1 saturated heterocycles. The van der Waals surface area contributed by atoms with Gasteiger partial charge in [0.15, 0.2) is 0 Å². The predicted octanol–water partition coefficient (Wildman–Crippen LogP) is -0.371. The molecule has 1 heterocycles. The maximum absolute atomic E-state index is 10.7. The van der Waals surface area contributed by atoms with Crippen LogP contribution in [0.4, 0.5) is 4.79 Å². The first-order valence-electron chi connectivity index (χ1n) is 4.43. The highest BCUT2D eigenvalue weighted by atomic mass is 16.5. The minimum atomic E-state index is -0.956. The summed E-state index contributed by atoms with van der Waals surface area (Å²) in [4.78, 5) is 22.5. The van der Waals surface area contributed by atoms with Gasteiger partial charge in [-0.05, 0) is 13.3 Å². The first-order chi connectivity index (χ1) is 6.50. The van der Waals surface area contributed by atoms with Gasteiger partial charge in [-0.15, -0.1) is 0 Å². The molecule has 1 rings (SSSR count). The number of hydrogen-bond acceptors (Lipinski definition) is 3. The van der Waals surface area contributed by atoms with Gasteiger partial charge >= 0.3 is 6.09 Å². The molecule has 0 aromatic rings. The molecule has 0 saturated carbocycles. The maximum Gasteiger partial charge on any atom is 0.407 e. The van der Waals surface area contributed by atoms with Gasteiger partial charge in [0.2, 0.25) is 5.91 Å². The fourth-order valence-electron chi connectivity index (χ4n) is 1.37. The fourth-order valence-corrected chi connectivity index (χ4v) is 1.37.